The van der Waals surface area contributed by atoms with Crippen LogP contribution >= 0.6 is 0 Å². The maximum atomic E-state index is 12.8. The maximum Gasteiger partial charge on any atom is 0.231 e. The van der Waals surface area contributed by atoms with Crippen LogP contribution in [0.25, 0.3) is 0 Å². The van der Waals surface area contributed by atoms with E-state index in [0.29, 0.717) is 67.4 Å². The Labute approximate surface area is 179 Å². The van der Waals surface area contributed by atoms with E-state index in [-0.39, 0.29) is 5.91 Å². The summed E-state index contributed by atoms with van der Waals surface area (Å²) in [5.74, 6) is 0.0658. The number of hydrogen-bond donors (Lipinski definition) is 3. The number of rotatable bonds is 8. The van der Waals surface area contributed by atoms with E-state index in [4.69, 9.17) is 10.5 Å². The van der Waals surface area contributed by atoms with Gasteiger partial charge in [0.05, 0.1) is 13.0 Å². The topological polar surface area (TPSA) is 125 Å². The molecule has 1 aliphatic rings. The first kappa shape index (κ1) is 27.2. The van der Waals surface area contributed by atoms with Crippen LogP contribution in [0.5, 0.6) is 5.75 Å². The van der Waals surface area contributed by atoms with Crippen LogP contribution in [0.4, 0.5) is 0 Å². The van der Waals surface area contributed by atoms with Crippen LogP contribution in [-0.2, 0) is 14.4 Å². The van der Waals surface area contributed by atoms with Gasteiger partial charge in [0.25, 0.3) is 0 Å². The summed E-state index contributed by atoms with van der Waals surface area (Å²) in [5, 5.41) is 2.91. The number of benzene rings is 1. The van der Waals surface area contributed by atoms with Crippen molar-refractivity contribution in [1.29, 1.82) is 0 Å². The normalized spacial score (nSPS) is 13.9. The number of amides is 1. The summed E-state index contributed by atoms with van der Waals surface area (Å²) in [6.45, 7) is 4.36. The molecule has 0 heterocycles. The first-order valence-corrected chi connectivity index (χ1v) is 10.2. The predicted octanol–water partition coefficient (Wildman–Crippen LogP) is 2.61. The van der Waals surface area contributed by atoms with E-state index < -0.39 is 5.92 Å². The van der Waals surface area contributed by atoms with Gasteiger partial charge in [0.2, 0.25) is 5.91 Å². The minimum absolute atomic E-state index is 0.185. The number of carbonyl (C=O) groups excluding carboxylic acids is 3. The Hall–Kier alpha value is -2.77. The molecule has 1 aromatic carbocycles. The summed E-state index contributed by atoms with van der Waals surface area (Å²) in [4.78, 5) is 35.2. The SMILES string of the molecule is CC.CN.COc1cccc(C(CCN)C(=O)NC2=CC(C=O)=C(C=O)CCC2)c1. The van der Waals surface area contributed by atoms with Crippen molar-refractivity contribution < 1.29 is 19.1 Å². The minimum Gasteiger partial charge on any atom is -0.497 e. The number of allylic oxidation sites excluding steroid dienone is 4. The van der Waals surface area contributed by atoms with Crippen molar-refractivity contribution in [2.75, 3.05) is 20.7 Å². The van der Waals surface area contributed by atoms with Crippen molar-refractivity contribution in [3.63, 3.8) is 0 Å². The molecule has 1 aliphatic carbocycles. The Balaban J connectivity index is 0.00000198. The van der Waals surface area contributed by atoms with Crippen LogP contribution in [0.2, 0.25) is 0 Å². The summed E-state index contributed by atoms with van der Waals surface area (Å²) >= 11 is 0. The molecule has 2 rings (SSSR count). The molecule has 0 saturated carbocycles. The molecule has 0 spiro atoms. The largest absolute Gasteiger partial charge is 0.497 e. The number of methoxy groups -OCH3 is 1. The lowest BCUT2D eigenvalue weighted by Gasteiger charge is -2.18. The molecule has 30 heavy (non-hydrogen) atoms. The van der Waals surface area contributed by atoms with Crippen molar-refractivity contribution in [2.45, 2.75) is 45.4 Å². The second-order valence-electron chi connectivity index (χ2n) is 6.14. The molecule has 1 atom stereocenters. The van der Waals surface area contributed by atoms with Gasteiger partial charge in [-0.05, 0) is 63.0 Å². The molecule has 0 radical (unpaired) electrons. The van der Waals surface area contributed by atoms with E-state index in [2.05, 4.69) is 11.1 Å². The van der Waals surface area contributed by atoms with E-state index in [1.54, 1.807) is 13.2 Å². The Bertz CT molecular complexity index is 742. The fraction of sp³-hybridized carbons (Fsp3) is 0.435. The Kier molecular flexibility index (Phi) is 14.6. The third kappa shape index (κ3) is 8.31. The number of nitrogens with two attached hydrogens (primary N) is 2. The summed E-state index contributed by atoms with van der Waals surface area (Å²) < 4.78 is 5.23. The van der Waals surface area contributed by atoms with Gasteiger partial charge in [0.1, 0.15) is 12.0 Å². The summed E-state index contributed by atoms with van der Waals surface area (Å²) in [6.07, 6.45) is 5.25. The zero-order valence-corrected chi connectivity index (χ0v) is 18.4. The monoisotopic (exact) mass is 417 g/mol. The van der Waals surface area contributed by atoms with Gasteiger partial charge in [-0.2, -0.15) is 0 Å². The quantitative estimate of drug-likeness (QED) is 0.559. The second kappa shape index (κ2) is 16.1. The molecule has 1 amide bonds. The summed E-state index contributed by atoms with van der Waals surface area (Å²) in [6, 6.07) is 7.34. The van der Waals surface area contributed by atoms with Gasteiger partial charge in [0, 0.05) is 16.8 Å². The van der Waals surface area contributed by atoms with Crippen molar-refractivity contribution >= 4 is 18.5 Å². The highest BCUT2D eigenvalue weighted by Gasteiger charge is 2.22. The van der Waals surface area contributed by atoms with Crippen molar-refractivity contribution in [3.8, 4) is 5.75 Å². The van der Waals surface area contributed by atoms with Gasteiger partial charge in [-0.15, -0.1) is 0 Å². The van der Waals surface area contributed by atoms with E-state index >= 15 is 0 Å². The molecule has 1 aromatic rings. The Morgan fingerprint density at radius 1 is 1.20 bits per heavy atom. The molecule has 0 aromatic heterocycles. The number of hydrogen-bond acceptors (Lipinski definition) is 6. The van der Waals surface area contributed by atoms with Gasteiger partial charge in [-0.25, -0.2) is 0 Å². The lowest BCUT2D eigenvalue weighted by Crippen LogP contribution is -2.30. The molecule has 7 heteroatoms. The second-order valence-corrected chi connectivity index (χ2v) is 6.14. The van der Waals surface area contributed by atoms with Crippen molar-refractivity contribution in [3.05, 3.63) is 52.7 Å². The fourth-order valence-electron chi connectivity index (χ4n) is 3.02. The molecule has 0 saturated heterocycles. The van der Waals surface area contributed by atoms with Gasteiger partial charge in [-0.1, -0.05) is 26.0 Å². The Morgan fingerprint density at radius 3 is 2.47 bits per heavy atom. The highest BCUT2D eigenvalue weighted by Crippen LogP contribution is 2.25. The van der Waals surface area contributed by atoms with Gasteiger partial charge in [0.15, 0.2) is 6.29 Å². The number of aldehydes is 2. The Morgan fingerprint density at radius 2 is 1.90 bits per heavy atom. The number of carbonyl (C=O) groups is 3. The molecule has 0 bridgehead atoms. The molecule has 5 N–H and O–H groups in total. The maximum absolute atomic E-state index is 12.8. The average Bonchev–Trinajstić information content (AvgIpc) is 3.01. The fourth-order valence-corrected chi connectivity index (χ4v) is 3.02. The average molecular weight is 418 g/mol. The first-order chi connectivity index (χ1) is 14.6. The van der Waals surface area contributed by atoms with Gasteiger partial charge < -0.3 is 21.5 Å². The van der Waals surface area contributed by atoms with Crippen LogP contribution in [0.3, 0.4) is 0 Å². The number of nitrogens with one attached hydrogen (secondary N) is 1. The zero-order valence-electron chi connectivity index (χ0n) is 18.4. The number of ether oxygens (including phenoxy) is 1. The van der Waals surface area contributed by atoms with Crippen molar-refractivity contribution in [1.82, 2.24) is 5.32 Å². The predicted molar refractivity (Wildman–Crippen MR) is 120 cm³/mol. The highest BCUT2D eigenvalue weighted by molar-refractivity contribution is 5.90. The van der Waals surface area contributed by atoms with E-state index in [1.165, 1.54) is 7.05 Å². The van der Waals surface area contributed by atoms with E-state index in [1.807, 2.05) is 38.1 Å². The molecular formula is C23H35N3O4. The first-order valence-electron chi connectivity index (χ1n) is 10.2. The minimum atomic E-state index is -0.423. The highest BCUT2D eigenvalue weighted by atomic mass is 16.5. The smallest absolute Gasteiger partial charge is 0.231 e. The third-order valence-electron chi connectivity index (χ3n) is 4.41. The molecule has 1 unspecified atom stereocenters. The lowest BCUT2D eigenvalue weighted by atomic mass is 9.94. The van der Waals surface area contributed by atoms with E-state index in [9.17, 15) is 14.4 Å². The summed E-state index contributed by atoms with van der Waals surface area (Å²) in [7, 11) is 3.07. The standard InChI is InChI=1S/C20H24N2O4.C2H6.CH5N/c1-26-18-7-3-4-14(11-18)19(8-9-21)20(25)22-17-6-2-5-15(12-23)16(10-17)13-24;2*1-2/h3-4,7,10-13,19H,2,5-6,8-9,21H2,1H3,(H,22,25);1-2H3;2H2,1H3. The van der Waals surface area contributed by atoms with Crippen LogP contribution in [0, 0.1) is 0 Å². The van der Waals surface area contributed by atoms with Crippen molar-refractivity contribution in [2.24, 2.45) is 11.5 Å². The third-order valence-corrected chi connectivity index (χ3v) is 4.41. The van der Waals surface area contributed by atoms with Crippen LogP contribution in [-0.4, -0.2) is 39.2 Å². The summed E-state index contributed by atoms with van der Waals surface area (Å²) in [5.41, 5.74) is 12.4. The molecule has 166 valence electrons. The van der Waals surface area contributed by atoms with E-state index in [0.717, 1.165) is 5.56 Å². The molecule has 7 nitrogen and oxygen atoms in total. The molecule has 0 aliphatic heterocycles. The van der Waals surface area contributed by atoms with Crippen LogP contribution < -0.4 is 21.5 Å². The van der Waals surface area contributed by atoms with Gasteiger partial charge >= 0.3 is 0 Å². The molecular weight excluding hydrogens is 382 g/mol. The lowest BCUT2D eigenvalue weighted by molar-refractivity contribution is -0.122. The van der Waals surface area contributed by atoms with Gasteiger partial charge in [-0.3, -0.25) is 14.4 Å². The zero-order chi connectivity index (χ0) is 22.9. The van der Waals surface area contributed by atoms with Crippen LogP contribution in [0.15, 0.2) is 47.2 Å². The van der Waals surface area contributed by atoms with Crippen LogP contribution in [0.1, 0.15) is 51.0 Å². The molecule has 0 fully saturated rings.